The van der Waals surface area contributed by atoms with Crippen LogP contribution in [0.3, 0.4) is 0 Å². The predicted octanol–water partition coefficient (Wildman–Crippen LogP) is 3.53. The molecule has 0 bridgehead atoms. The highest BCUT2D eigenvalue weighted by atomic mass is 19.1. The van der Waals surface area contributed by atoms with E-state index in [9.17, 15) is 14.0 Å². The van der Waals surface area contributed by atoms with Crippen LogP contribution in [0.4, 0.5) is 4.39 Å². The normalized spacial score (nSPS) is 11.9. The zero-order chi connectivity index (χ0) is 22.8. The highest BCUT2D eigenvalue weighted by Crippen LogP contribution is 2.27. The van der Waals surface area contributed by atoms with Crippen LogP contribution in [0.25, 0.3) is 0 Å². The lowest BCUT2D eigenvalue weighted by Crippen LogP contribution is -2.48. The Labute approximate surface area is 181 Å². The number of hydrazone groups is 1. The molecule has 0 fully saturated rings. The summed E-state index contributed by atoms with van der Waals surface area (Å²) in [4.78, 5) is 24.9. The van der Waals surface area contributed by atoms with Crippen molar-refractivity contribution in [3.63, 3.8) is 0 Å². The molecule has 31 heavy (non-hydrogen) atoms. The van der Waals surface area contributed by atoms with E-state index in [0.717, 1.165) is 6.42 Å². The van der Waals surface area contributed by atoms with Crippen molar-refractivity contribution in [1.29, 1.82) is 0 Å². The van der Waals surface area contributed by atoms with Gasteiger partial charge in [0.05, 0.1) is 19.9 Å². The Morgan fingerprint density at radius 3 is 2.45 bits per heavy atom. The van der Waals surface area contributed by atoms with Crippen molar-refractivity contribution in [3.05, 3.63) is 59.4 Å². The molecule has 1 unspecified atom stereocenters. The standard InChI is InChI=1S/C23H28FN3O4/c1-5-12-31-19-11-6-16(13-20(19)30-4)14-25-27-23(29)21(15(2)3)26-22(28)17-7-9-18(24)10-8-17/h6-11,13-15,21H,5,12H2,1-4H3,(H,26,28)(H,27,29). The highest BCUT2D eigenvalue weighted by molar-refractivity contribution is 5.97. The topological polar surface area (TPSA) is 89.0 Å². The minimum atomic E-state index is -0.811. The molecule has 0 aromatic heterocycles. The van der Waals surface area contributed by atoms with E-state index in [1.807, 2.05) is 6.92 Å². The summed E-state index contributed by atoms with van der Waals surface area (Å²) in [5, 5.41) is 6.64. The fourth-order valence-corrected chi connectivity index (χ4v) is 2.70. The maximum absolute atomic E-state index is 13.0. The smallest absolute Gasteiger partial charge is 0.262 e. The third kappa shape index (κ3) is 7.09. The second-order valence-electron chi connectivity index (χ2n) is 7.20. The summed E-state index contributed by atoms with van der Waals surface area (Å²) in [6, 6.07) is 9.61. The monoisotopic (exact) mass is 429 g/mol. The van der Waals surface area contributed by atoms with Gasteiger partial charge < -0.3 is 14.8 Å². The predicted molar refractivity (Wildman–Crippen MR) is 117 cm³/mol. The number of benzene rings is 2. The quantitative estimate of drug-likeness (QED) is 0.447. The van der Waals surface area contributed by atoms with E-state index in [-0.39, 0.29) is 11.5 Å². The molecular weight excluding hydrogens is 401 g/mol. The van der Waals surface area contributed by atoms with Crippen LogP contribution in [0.2, 0.25) is 0 Å². The first-order chi connectivity index (χ1) is 14.8. The van der Waals surface area contributed by atoms with E-state index in [1.54, 1.807) is 39.2 Å². The molecule has 1 atom stereocenters. The van der Waals surface area contributed by atoms with Gasteiger partial charge in [0.25, 0.3) is 11.8 Å². The largest absolute Gasteiger partial charge is 0.493 e. The van der Waals surface area contributed by atoms with Crippen molar-refractivity contribution in [3.8, 4) is 11.5 Å². The van der Waals surface area contributed by atoms with Gasteiger partial charge in [-0.2, -0.15) is 5.10 Å². The SMILES string of the molecule is CCCOc1ccc(C=NNC(=O)C(NC(=O)c2ccc(F)cc2)C(C)C)cc1OC. The lowest BCUT2D eigenvalue weighted by molar-refractivity contribution is -0.123. The van der Waals surface area contributed by atoms with Crippen LogP contribution in [0.15, 0.2) is 47.6 Å². The van der Waals surface area contributed by atoms with Crippen molar-refractivity contribution in [2.75, 3.05) is 13.7 Å². The Balaban J connectivity index is 2.01. The van der Waals surface area contributed by atoms with E-state index in [1.165, 1.54) is 30.5 Å². The second-order valence-corrected chi connectivity index (χ2v) is 7.20. The number of hydrogen-bond acceptors (Lipinski definition) is 5. The van der Waals surface area contributed by atoms with Gasteiger partial charge in [0.1, 0.15) is 11.9 Å². The van der Waals surface area contributed by atoms with Crippen molar-refractivity contribution < 1.29 is 23.5 Å². The molecule has 0 aliphatic rings. The minimum absolute atomic E-state index is 0.185. The number of methoxy groups -OCH3 is 1. The highest BCUT2D eigenvalue weighted by Gasteiger charge is 2.24. The number of amides is 2. The molecule has 8 heteroatoms. The maximum Gasteiger partial charge on any atom is 0.262 e. The first-order valence-corrected chi connectivity index (χ1v) is 10.1. The lowest BCUT2D eigenvalue weighted by Gasteiger charge is -2.20. The maximum atomic E-state index is 13.0. The molecule has 2 N–H and O–H groups in total. The molecular formula is C23H28FN3O4. The first kappa shape index (κ1) is 23.9. The molecule has 0 saturated carbocycles. The summed E-state index contributed by atoms with van der Waals surface area (Å²) in [5.41, 5.74) is 3.42. The van der Waals surface area contributed by atoms with Crippen molar-refractivity contribution >= 4 is 18.0 Å². The fourth-order valence-electron chi connectivity index (χ4n) is 2.70. The number of carbonyl (C=O) groups excluding carboxylic acids is 2. The molecule has 166 valence electrons. The van der Waals surface area contributed by atoms with Crippen LogP contribution in [0, 0.1) is 11.7 Å². The van der Waals surface area contributed by atoms with Gasteiger partial charge in [-0.1, -0.05) is 20.8 Å². The third-order valence-electron chi connectivity index (χ3n) is 4.38. The minimum Gasteiger partial charge on any atom is -0.493 e. The molecule has 0 aliphatic carbocycles. The van der Waals surface area contributed by atoms with Crippen LogP contribution < -0.4 is 20.2 Å². The van der Waals surface area contributed by atoms with Gasteiger partial charge in [-0.3, -0.25) is 9.59 Å². The molecule has 0 saturated heterocycles. The van der Waals surface area contributed by atoms with Crippen LogP contribution in [-0.2, 0) is 4.79 Å². The van der Waals surface area contributed by atoms with Crippen molar-refractivity contribution in [2.45, 2.75) is 33.2 Å². The van der Waals surface area contributed by atoms with Crippen molar-refractivity contribution in [2.24, 2.45) is 11.0 Å². The Kier molecular flexibility index (Phi) is 8.99. The lowest BCUT2D eigenvalue weighted by atomic mass is 10.0. The summed E-state index contributed by atoms with van der Waals surface area (Å²) in [7, 11) is 1.55. The molecule has 2 rings (SSSR count). The summed E-state index contributed by atoms with van der Waals surface area (Å²) in [5.74, 6) is -0.355. The van der Waals surface area contributed by atoms with Crippen LogP contribution >= 0.6 is 0 Å². The van der Waals surface area contributed by atoms with Gasteiger partial charge >= 0.3 is 0 Å². The molecule has 0 heterocycles. The molecule has 0 aliphatic heterocycles. The van der Waals surface area contributed by atoms with Gasteiger partial charge in [0, 0.05) is 5.56 Å². The number of rotatable bonds is 10. The van der Waals surface area contributed by atoms with Crippen LogP contribution in [0.1, 0.15) is 43.1 Å². The Bertz CT molecular complexity index is 914. The molecule has 7 nitrogen and oxygen atoms in total. The Morgan fingerprint density at radius 1 is 1.13 bits per heavy atom. The molecule has 2 amide bonds. The summed E-state index contributed by atoms with van der Waals surface area (Å²) in [6.45, 7) is 6.21. The van der Waals surface area contributed by atoms with E-state index < -0.39 is 23.7 Å². The van der Waals surface area contributed by atoms with Crippen LogP contribution in [-0.4, -0.2) is 37.8 Å². The number of nitrogens with zero attached hydrogens (tertiary/aromatic N) is 1. The van der Waals surface area contributed by atoms with Gasteiger partial charge in [0.2, 0.25) is 0 Å². The molecule has 2 aromatic carbocycles. The zero-order valence-electron chi connectivity index (χ0n) is 18.1. The number of ether oxygens (including phenoxy) is 2. The van der Waals surface area contributed by atoms with Gasteiger partial charge in [-0.15, -0.1) is 0 Å². The summed E-state index contributed by atoms with van der Waals surface area (Å²) >= 11 is 0. The molecule has 2 aromatic rings. The van der Waals surface area contributed by atoms with Gasteiger partial charge in [-0.25, -0.2) is 9.82 Å². The van der Waals surface area contributed by atoms with Gasteiger partial charge in [-0.05, 0) is 60.4 Å². The summed E-state index contributed by atoms with van der Waals surface area (Å²) in [6.07, 6.45) is 2.36. The van der Waals surface area contributed by atoms with Crippen LogP contribution in [0.5, 0.6) is 11.5 Å². The Morgan fingerprint density at radius 2 is 1.84 bits per heavy atom. The number of carbonyl (C=O) groups is 2. The average Bonchev–Trinajstić information content (AvgIpc) is 2.76. The second kappa shape index (κ2) is 11.7. The number of halogens is 1. The van der Waals surface area contributed by atoms with Crippen molar-refractivity contribution in [1.82, 2.24) is 10.7 Å². The molecule has 0 radical (unpaired) electrons. The van der Waals surface area contributed by atoms with E-state index in [0.29, 0.717) is 23.7 Å². The number of hydrogen-bond donors (Lipinski definition) is 2. The Hall–Kier alpha value is -3.42. The average molecular weight is 429 g/mol. The third-order valence-corrected chi connectivity index (χ3v) is 4.38. The van der Waals surface area contributed by atoms with E-state index >= 15 is 0 Å². The van der Waals surface area contributed by atoms with Gasteiger partial charge in [0.15, 0.2) is 11.5 Å². The summed E-state index contributed by atoms with van der Waals surface area (Å²) < 4.78 is 24.0. The molecule has 0 spiro atoms. The van der Waals surface area contributed by atoms with E-state index in [4.69, 9.17) is 9.47 Å². The zero-order valence-corrected chi connectivity index (χ0v) is 18.1. The number of nitrogens with one attached hydrogen (secondary N) is 2. The van der Waals surface area contributed by atoms with E-state index in [2.05, 4.69) is 15.8 Å². The fraction of sp³-hybridized carbons (Fsp3) is 0.348. The first-order valence-electron chi connectivity index (χ1n) is 10.1.